The largest absolute Gasteiger partial charge is 0.388 e. The number of allylic oxidation sites excluding steroid dienone is 1. The zero-order valence-electron chi connectivity index (χ0n) is 10.8. The predicted molar refractivity (Wildman–Crippen MR) is 71.7 cm³/mol. The highest BCUT2D eigenvalue weighted by molar-refractivity contribution is 5.25. The van der Waals surface area contributed by atoms with Gasteiger partial charge in [-0.05, 0) is 31.7 Å². The summed E-state index contributed by atoms with van der Waals surface area (Å²) < 4.78 is 0. The topological polar surface area (TPSA) is 20.2 Å². The molecule has 17 heavy (non-hydrogen) atoms. The minimum absolute atomic E-state index is 0.0994. The maximum atomic E-state index is 10.7. The normalized spacial score (nSPS) is 27.1. The van der Waals surface area contributed by atoms with Gasteiger partial charge in [-0.15, -0.1) is 0 Å². The van der Waals surface area contributed by atoms with Crippen LogP contribution in [0.25, 0.3) is 0 Å². The lowest BCUT2D eigenvalue weighted by Crippen LogP contribution is -2.26. The van der Waals surface area contributed by atoms with Crippen LogP contribution in [0.3, 0.4) is 0 Å². The molecule has 92 valence electrons. The van der Waals surface area contributed by atoms with Crippen LogP contribution in [0.15, 0.2) is 42.0 Å². The molecule has 1 heteroatoms. The summed E-state index contributed by atoms with van der Waals surface area (Å²) >= 11 is 0. The van der Waals surface area contributed by atoms with Gasteiger partial charge in [-0.3, -0.25) is 0 Å². The van der Waals surface area contributed by atoms with Gasteiger partial charge in [-0.1, -0.05) is 55.3 Å². The fourth-order valence-electron chi connectivity index (χ4n) is 2.74. The Kier molecular flexibility index (Phi) is 3.68. The quantitative estimate of drug-likeness (QED) is 0.753. The smallest absolute Gasteiger partial charge is 0.0880 e. The van der Waals surface area contributed by atoms with Crippen LogP contribution in [-0.2, 0) is 0 Å². The van der Waals surface area contributed by atoms with Gasteiger partial charge in [0.25, 0.3) is 0 Å². The zero-order chi connectivity index (χ0) is 12.3. The summed E-state index contributed by atoms with van der Waals surface area (Å²) in [5.74, 6) is 0. The fraction of sp³-hybridized carbons (Fsp3) is 0.500. The second kappa shape index (κ2) is 5.05. The first-order valence-electron chi connectivity index (χ1n) is 6.55. The summed E-state index contributed by atoms with van der Waals surface area (Å²) in [7, 11) is 0. The van der Waals surface area contributed by atoms with Crippen molar-refractivity contribution in [1.82, 2.24) is 0 Å². The van der Waals surface area contributed by atoms with Crippen LogP contribution >= 0.6 is 0 Å². The number of rotatable bonds is 2. The lowest BCUT2D eigenvalue weighted by atomic mass is 9.72. The average molecular weight is 230 g/mol. The first-order valence-corrected chi connectivity index (χ1v) is 6.55. The predicted octanol–water partition coefficient (Wildman–Crippen LogP) is 4.25. The van der Waals surface area contributed by atoms with Crippen LogP contribution < -0.4 is 0 Å². The van der Waals surface area contributed by atoms with Gasteiger partial charge in [-0.25, -0.2) is 0 Å². The number of hydrogen-bond acceptors (Lipinski definition) is 1. The molecule has 1 aromatic carbocycles. The summed E-state index contributed by atoms with van der Waals surface area (Å²) in [6, 6.07) is 10.0. The number of benzene rings is 1. The fourth-order valence-corrected chi connectivity index (χ4v) is 2.74. The molecule has 0 aliphatic heterocycles. The third kappa shape index (κ3) is 2.44. The van der Waals surface area contributed by atoms with E-state index in [1.165, 1.54) is 18.4 Å². The van der Waals surface area contributed by atoms with Gasteiger partial charge in [0.15, 0.2) is 0 Å². The molecular formula is C16H22O. The van der Waals surface area contributed by atoms with Gasteiger partial charge in [0.05, 0.1) is 6.10 Å². The Balaban J connectivity index is 2.30. The second-order valence-corrected chi connectivity index (χ2v) is 5.36. The minimum atomic E-state index is -0.391. The van der Waals surface area contributed by atoms with E-state index in [1.54, 1.807) is 0 Å². The number of aliphatic hydroxyl groups is 1. The summed E-state index contributed by atoms with van der Waals surface area (Å²) in [6.07, 6.45) is 6.59. The Bertz CT molecular complexity index is 393. The summed E-state index contributed by atoms with van der Waals surface area (Å²) in [5, 5.41) is 10.7. The van der Waals surface area contributed by atoms with Crippen molar-refractivity contribution in [2.75, 3.05) is 0 Å². The van der Waals surface area contributed by atoms with Gasteiger partial charge in [-0.2, -0.15) is 0 Å². The summed E-state index contributed by atoms with van der Waals surface area (Å²) in [6.45, 7) is 4.36. The van der Waals surface area contributed by atoms with E-state index in [4.69, 9.17) is 0 Å². The van der Waals surface area contributed by atoms with Crippen LogP contribution in [-0.4, -0.2) is 5.11 Å². The minimum Gasteiger partial charge on any atom is -0.388 e. The Morgan fingerprint density at radius 2 is 1.88 bits per heavy atom. The van der Waals surface area contributed by atoms with E-state index < -0.39 is 6.10 Å². The molecule has 0 spiro atoms. The van der Waals surface area contributed by atoms with Crippen LogP contribution in [0.2, 0.25) is 0 Å². The van der Waals surface area contributed by atoms with Crippen LogP contribution in [0.1, 0.15) is 51.2 Å². The van der Waals surface area contributed by atoms with Crippen molar-refractivity contribution < 1.29 is 5.11 Å². The van der Waals surface area contributed by atoms with E-state index in [2.05, 4.69) is 19.9 Å². The molecule has 0 bridgehead atoms. The van der Waals surface area contributed by atoms with Crippen molar-refractivity contribution in [3.8, 4) is 0 Å². The van der Waals surface area contributed by atoms with E-state index in [1.807, 2.05) is 30.3 Å². The first-order chi connectivity index (χ1) is 8.14. The van der Waals surface area contributed by atoms with Gasteiger partial charge in [0.2, 0.25) is 0 Å². The Morgan fingerprint density at radius 3 is 2.59 bits per heavy atom. The molecule has 0 fully saturated rings. The molecule has 0 aromatic heterocycles. The van der Waals surface area contributed by atoms with Crippen LogP contribution in [0.5, 0.6) is 0 Å². The van der Waals surface area contributed by atoms with Crippen molar-refractivity contribution in [2.45, 2.75) is 45.6 Å². The molecule has 0 unspecified atom stereocenters. The SMILES string of the molecule is CC1=CCCCC[C@@]1(C)[C@H](O)c1ccccc1. The maximum absolute atomic E-state index is 10.7. The highest BCUT2D eigenvalue weighted by Crippen LogP contribution is 2.45. The molecule has 0 radical (unpaired) electrons. The summed E-state index contributed by atoms with van der Waals surface area (Å²) in [5.41, 5.74) is 2.27. The van der Waals surface area contributed by atoms with E-state index in [0.717, 1.165) is 18.4 Å². The van der Waals surface area contributed by atoms with Crippen molar-refractivity contribution in [2.24, 2.45) is 5.41 Å². The number of aliphatic hydroxyl groups excluding tert-OH is 1. The Hall–Kier alpha value is -1.08. The van der Waals surface area contributed by atoms with E-state index in [9.17, 15) is 5.11 Å². The second-order valence-electron chi connectivity index (χ2n) is 5.36. The maximum Gasteiger partial charge on any atom is 0.0880 e. The molecule has 1 N–H and O–H groups in total. The van der Waals surface area contributed by atoms with Gasteiger partial charge < -0.3 is 5.11 Å². The summed E-state index contributed by atoms with van der Waals surface area (Å²) in [4.78, 5) is 0. The van der Waals surface area contributed by atoms with E-state index >= 15 is 0 Å². The molecule has 0 amide bonds. The van der Waals surface area contributed by atoms with Gasteiger partial charge >= 0.3 is 0 Å². The molecule has 1 nitrogen and oxygen atoms in total. The lowest BCUT2D eigenvalue weighted by Gasteiger charge is -2.35. The molecule has 2 atom stereocenters. The van der Waals surface area contributed by atoms with E-state index in [0.29, 0.717) is 0 Å². The molecule has 0 saturated carbocycles. The van der Waals surface area contributed by atoms with Crippen molar-refractivity contribution in [3.05, 3.63) is 47.5 Å². The van der Waals surface area contributed by atoms with Crippen LogP contribution in [0.4, 0.5) is 0 Å². The highest BCUT2D eigenvalue weighted by Gasteiger charge is 2.35. The standard InChI is InChI=1S/C16H22O/c1-13-9-5-4-8-12-16(13,2)15(17)14-10-6-3-7-11-14/h3,6-7,9-11,15,17H,4-5,8,12H2,1-2H3/t15-,16-/m1/s1. The van der Waals surface area contributed by atoms with E-state index in [-0.39, 0.29) is 5.41 Å². The molecular weight excluding hydrogens is 208 g/mol. The molecule has 1 aliphatic rings. The van der Waals surface area contributed by atoms with Crippen LogP contribution in [0, 0.1) is 5.41 Å². The average Bonchev–Trinajstić information content (AvgIpc) is 2.53. The molecule has 2 rings (SSSR count). The third-order valence-corrected chi connectivity index (χ3v) is 4.22. The van der Waals surface area contributed by atoms with Crippen molar-refractivity contribution >= 4 is 0 Å². The van der Waals surface area contributed by atoms with Crippen molar-refractivity contribution in [3.63, 3.8) is 0 Å². The molecule has 0 heterocycles. The Labute approximate surface area is 104 Å². The monoisotopic (exact) mass is 230 g/mol. The molecule has 0 saturated heterocycles. The van der Waals surface area contributed by atoms with Gasteiger partial charge in [0, 0.05) is 5.41 Å². The molecule has 1 aliphatic carbocycles. The molecule has 1 aromatic rings. The number of hydrogen-bond donors (Lipinski definition) is 1. The zero-order valence-corrected chi connectivity index (χ0v) is 10.8. The lowest BCUT2D eigenvalue weighted by molar-refractivity contribution is 0.0552. The first kappa shape index (κ1) is 12.4. The van der Waals surface area contributed by atoms with Crippen molar-refractivity contribution in [1.29, 1.82) is 0 Å². The highest BCUT2D eigenvalue weighted by atomic mass is 16.3. The third-order valence-electron chi connectivity index (χ3n) is 4.22. The van der Waals surface area contributed by atoms with Gasteiger partial charge in [0.1, 0.15) is 0 Å². The Morgan fingerprint density at radius 1 is 1.18 bits per heavy atom.